The summed E-state index contributed by atoms with van der Waals surface area (Å²) < 4.78 is 0. The van der Waals surface area contributed by atoms with Gasteiger partial charge in [0.25, 0.3) is 0 Å². The molecule has 0 saturated carbocycles. The Hall–Kier alpha value is -1.26. The first-order valence-corrected chi connectivity index (χ1v) is 8.81. The summed E-state index contributed by atoms with van der Waals surface area (Å²) in [5.74, 6) is 0.966. The molecule has 0 aliphatic carbocycles. The van der Waals surface area contributed by atoms with Gasteiger partial charge in [0.15, 0.2) is 0 Å². The lowest BCUT2D eigenvalue weighted by atomic mass is 9.96. The maximum Gasteiger partial charge on any atom is 0.317 e. The Morgan fingerprint density at radius 3 is 2.41 bits per heavy atom. The molecule has 1 N–H and O–H groups in total. The highest BCUT2D eigenvalue weighted by Gasteiger charge is 2.31. The summed E-state index contributed by atoms with van der Waals surface area (Å²) in [5.41, 5.74) is 0. The first-order valence-electron chi connectivity index (χ1n) is 8.81. The van der Waals surface area contributed by atoms with Gasteiger partial charge in [-0.2, -0.15) is 0 Å². The van der Waals surface area contributed by atoms with E-state index >= 15 is 0 Å². The second-order valence-corrected chi connectivity index (χ2v) is 7.25. The van der Waals surface area contributed by atoms with E-state index < -0.39 is 0 Å². The van der Waals surface area contributed by atoms with Crippen molar-refractivity contribution in [3.63, 3.8) is 0 Å². The molecule has 5 nitrogen and oxygen atoms in total. The molecule has 2 rings (SSSR count). The van der Waals surface area contributed by atoms with Gasteiger partial charge in [0.1, 0.15) is 0 Å². The van der Waals surface area contributed by atoms with E-state index in [1.165, 1.54) is 6.42 Å². The predicted molar refractivity (Wildman–Crippen MR) is 87.6 cm³/mol. The summed E-state index contributed by atoms with van der Waals surface area (Å²) in [7, 11) is 0. The van der Waals surface area contributed by atoms with Crippen LogP contribution in [0.4, 0.5) is 4.79 Å². The second-order valence-electron chi connectivity index (χ2n) is 7.25. The summed E-state index contributed by atoms with van der Waals surface area (Å²) in [5, 5.41) is 2.93. The fourth-order valence-electron chi connectivity index (χ4n) is 3.44. The van der Waals surface area contributed by atoms with Crippen molar-refractivity contribution in [2.75, 3.05) is 26.2 Å². The third-order valence-electron chi connectivity index (χ3n) is 4.80. The molecule has 126 valence electrons. The highest BCUT2D eigenvalue weighted by Crippen LogP contribution is 2.22. The van der Waals surface area contributed by atoms with Gasteiger partial charge in [0, 0.05) is 32.2 Å². The second kappa shape index (κ2) is 7.84. The minimum atomic E-state index is -0.0306. The number of amides is 3. The maximum absolute atomic E-state index is 12.8. The maximum atomic E-state index is 12.8. The molecule has 0 aromatic heterocycles. The van der Waals surface area contributed by atoms with Crippen LogP contribution in [0.3, 0.4) is 0 Å². The molecule has 2 fully saturated rings. The predicted octanol–water partition coefficient (Wildman–Crippen LogP) is 2.46. The van der Waals surface area contributed by atoms with Gasteiger partial charge in [-0.3, -0.25) is 4.79 Å². The van der Waals surface area contributed by atoms with Gasteiger partial charge < -0.3 is 15.1 Å². The first-order chi connectivity index (χ1) is 10.5. The highest BCUT2D eigenvalue weighted by molar-refractivity contribution is 5.81. The van der Waals surface area contributed by atoms with Crippen molar-refractivity contribution >= 4 is 11.9 Å². The zero-order valence-electron chi connectivity index (χ0n) is 14.3. The standard InChI is InChI=1S/C17H31N3O2/c1-13(2)18-17(22)20-10-5-7-15(12-20)16(21)19-9-4-6-14(3)8-11-19/h13-15H,4-12H2,1-3H3,(H,18,22)/t14-,15-/m0/s1. The molecule has 0 unspecified atom stereocenters. The van der Waals surface area contributed by atoms with Crippen LogP contribution < -0.4 is 5.32 Å². The number of rotatable bonds is 2. The van der Waals surface area contributed by atoms with Gasteiger partial charge in [0.05, 0.1) is 5.92 Å². The van der Waals surface area contributed by atoms with E-state index in [0.29, 0.717) is 6.54 Å². The monoisotopic (exact) mass is 309 g/mol. The number of urea groups is 1. The highest BCUT2D eigenvalue weighted by atomic mass is 16.2. The number of carbonyl (C=O) groups excluding carboxylic acids is 2. The molecule has 2 saturated heterocycles. The van der Waals surface area contributed by atoms with E-state index in [1.807, 2.05) is 23.6 Å². The van der Waals surface area contributed by atoms with Crippen molar-refractivity contribution in [3.05, 3.63) is 0 Å². The van der Waals surface area contributed by atoms with Crippen molar-refractivity contribution in [2.45, 2.75) is 58.9 Å². The van der Waals surface area contributed by atoms with E-state index in [2.05, 4.69) is 12.2 Å². The molecule has 0 radical (unpaired) electrons. The minimum Gasteiger partial charge on any atom is -0.342 e. The van der Waals surface area contributed by atoms with Crippen molar-refractivity contribution in [2.24, 2.45) is 11.8 Å². The molecule has 22 heavy (non-hydrogen) atoms. The molecule has 2 aliphatic heterocycles. The van der Waals surface area contributed by atoms with Crippen LogP contribution in [0.25, 0.3) is 0 Å². The van der Waals surface area contributed by atoms with Crippen LogP contribution in [0.15, 0.2) is 0 Å². The molecule has 0 aromatic rings. The molecule has 3 amide bonds. The van der Waals surface area contributed by atoms with Crippen LogP contribution >= 0.6 is 0 Å². The lowest BCUT2D eigenvalue weighted by molar-refractivity contribution is -0.136. The first kappa shape index (κ1) is 17.1. The molecule has 0 aromatic carbocycles. The molecule has 0 spiro atoms. The Morgan fingerprint density at radius 1 is 1.00 bits per heavy atom. The van der Waals surface area contributed by atoms with Gasteiger partial charge >= 0.3 is 6.03 Å². The number of nitrogens with one attached hydrogen (secondary N) is 1. The Balaban J connectivity index is 1.90. The summed E-state index contributed by atoms with van der Waals surface area (Å²) in [6, 6.07) is 0.104. The van der Waals surface area contributed by atoms with Crippen molar-refractivity contribution in [3.8, 4) is 0 Å². The fraction of sp³-hybridized carbons (Fsp3) is 0.882. The number of carbonyl (C=O) groups is 2. The number of piperidine rings is 1. The van der Waals surface area contributed by atoms with Crippen LogP contribution in [0.1, 0.15) is 52.9 Å². The molecular formula is C17H31N3O2. The molecule has 5 heteroatoms. The fourth-order valence-corrected chi connectivity index (χ4v) is 3.44. The van der Waals surface area contributed by atoms with Gasteiger partial charge in [-0.05, 0) is 51.9 Å². The van der Waals surface area contributed by atoms with Gasteiger partial charge in [0.2, 0.25) is 5.91 Å². The normalized spacial score (nSPS) is 26.7. The quantitative estimate of drug-likeness (QED) is 0.852. The van der Waals surface area contributed by atoms with Crippen LogP contribution in [0.5, 0.6) is 0 Å². The van der Waals surface area contributed by atoms with Crippen molar-refractivity contribution in [1.29, 1.82) is 0 Å². The van der Waals surface area contributed by atoms with E-state index in [4.69, 9.17) is 0 Å². The largest absolute Gasteiger partial charge is 0.342 e. The zero-order chi connectivity index (χ0) is 16.1. The lowest BCUT2D eigenvalue weighted by Crippen LogP contribution is -2.50. The molecule has 2 atom stereocenters. The summed E-state index contributed by atoms with van der Waals surface area (Å²) in [4.78, 5) is 28.8. The number of nitrogens with zero attached hydrogens (tertiary/aromatic N) is 2. The van der Waals surface area contributed by atoms with E-state index in [9.17, 15) is 9.59 Å². The van der Waals surface area contributed by atoms with Crippen LogP contribution in [-0.4, -0.2) is 54.0 Å². The smallest absolute Gasteiger partial charge is 0.317 e. The Bertz CT molecular complexity index is 397. The average Bonchev–Trinajstić information content (AvgIpc) is 2.70. The molecule has 2 heterocycles. The average molecular weight is 309 g/mol. The topological polar surface area (TPSA) is 52.7 Å². The van der Waals surface area contributed by atoms with Crippen LogP contribution in [0, 0.1) is 11.8 Å². The summed E-state index contributed by atoms with van der Waals surface area (Å²) in [6.45, 7) is 9.30. The molecule has 0 bridgehead atoms. The van der Waals surface area contributed by atoms with Crippen molar-refractivity contribution in [1.82, 2.24) is 15.1 Å². The Morgan fingerprint density at radius 2 is 1.68 bits per heavy atom. The van der Waals surface area contributed by atoms with Crippen LogP contribution in [-0.2, 0) is 4.79 Å². The van der Waals surface area contributed by atoms with Crippen molar-refractivity contribution < 1.29 is 9.59 Å². The number of hydrogen-bond acceptors (Lipinski definition) is 2. The lowest BCUT2D eigenvalue weighted by Gasteiger charge is -2.35. The SMILES string of the molecule is CC(C)NC(=O)N1CCC[C@H](C(=O)N2CCC[C@H](C)CC2)C1. The molecular weight excluding hydrogens is 278 g/mol. The number of likely N-dealkylation sites (tertiary alicyclic amines) is 2. The minimum absolute atomic E-state index is 0.0138. The number of hydrogen-bond donors (Lipinski definition) is 1. The third-order valence-corrected chi connectivity index (χ3v) is 4.80. The van der Waals surface area contributed by atoms with E-state index in [-0.39, 0.29) is 23.9 Å². The Labute approximate surface area is 134 Å². The van der Waals surface area contributed by atoms with Gasteiger partial charge in [-0.15, -0.1) is 0 Å². The van der Waals surface area contributed by atoms with E-state index in [1.54, 1.807) is 0 Å². The van der Waals surface area contributed by atoms with E-state index in [0.717, 1.165) is 51.2 Å². The third kappa shape index (κ3) is 4.62. The Kier molecular flexibility index (Phi) is 6.09. The zero-order valence-corrected chi connectivity index (χ0v) is 14.3. The summed E-state index contributed by atoms with van der Waals surface area (Å²) >= 11 is 0. The van der Waals surface area contributed by atoms with Gasteiger partial charge in [-0.25, -0.2) is 4.79 Å². The molecule has 2 aliphatic rings. The summed E-state index contributed by atoms with van der Waals surface area (Å²) in [6.07, 6.45) is 5.27. The van der Waals surface area contributed by atoms with Crippen LogP contribution in [0.2, 0.25) is 0 Å². The van der Waals surface area contributed by atoms with Gasteiger partial charge in [-0.1, -0.05) is 6.92 Å².